The molecule has 12 atom stereocenters. The minimum absolute atomic E-state index is 0.0432. The van der Waals surface area contributed by atoms with Crippen molar-refractivity contribution in [3.63, 3.8) is 0 Å². The van der Waals surface area contributed by atoms with Gasteiger partial charge in [-0.1, -0.05) is 19.1 Å². The monoisotopic (exact) mass is 584 g/mol. The second-order valence-corrected chi connectivity index (χ2v) is 13.7. The standard InChI is InChI=1S/C32H44N2O8/c1-6-34-16-29(42-28(36)18-9-7-8-10-21(18)33-17(2)35)12-11-25(40-4)31-23(29)14-20(26(31)34)30(37)15-22(39-3)19-13-24(31)32(30,38)27(19)41-5/h7-10,19-20,22-27,37-38H,6,11-16H2,1-5H3,(H,33,35)/t19-,20-,22+,23-,24-,25+,26-,27-,29-,30+,31-,32+/m1/s1. The summed E-state index contributed by atoms with van der Waals surface area (Å²) >= 11 is 0. The summed E-state index contributed by atoms with van der Waals surface area (Å²) in [5, 5.41) is 28.4. The summed E-state index contributed by atoms with van der Waals surface area (Å²) in [4.78, 5) is 28.3. The van der Waals surface area contributed by atoms with E-state index in [0.29, 0.717) is 56.4 Å². The quantitative estimate of drug-likeness (QED) is 0.414. The zero-order valence-electron chi connectivity index (χ0n) is 25.2. The number of hydrogen-bond donors (Lipinski definition) is 3. The zero-order valence-corrected chi connectivity index (χ0v) is 25.2. The SMILES string of the molecule is CCN1C[C@]2(OC(=O)c3ccccc3NC(C)=O)CC[C@H](OC)[C@]34[C@@H]2C[C@H]([C@@H]13)[C@@]1(O)C[C@H](OC)[C@H]2C[C@H]4[C@]1(O)[C@@H]2OC. The molecular weight excluding hydrogens is 540 g/mol. The Kier molecular flexibility index (Phi) is 6.46. The summed E-state index contributed by atoms with van der Waals surface area (Å²) in [6.45, 7) is 4.79. The Morgan fingerprint density at radius 2 is 1.83 bits per heavy atom. The lowest BCUT2D eigenvalue weighted by molar-refractivity contribution is -0.337. The molecule has 6 aliphatic rings. The molecule has 1 amide bonds. The van der Waals surface area contributed by atoms with Crippen LogP contribution in [0.1, 0.15) is 56.3 Å². The van der Waals surface area contributed by atoms with Gasteiger partial charge in [-0.05, 0) is 44.4 Å². The number of carbonyl (C=O) groups is 2. The van der Waals surface area contributed by atoms with E-state index in [-0.39, 0.29) is 47.8 Å². The van der Waals surface area contributed by atoms with Crippen LogP contribution in [-0.2, 0) is 23.7 Å². The fraction of sp³-hybridized carbons (Fsp3) is 0.750. The van der Waals surface area contributed by atoms with Crippen LogP contribution in [0.3, 0.4) is 0 Å². The highest BCUT2D eigenvalue weighted by molar-refractivity contribution is 6.00. The van der Waals surface area contributed by atoms with Crippen LogP contribution in [0.4, 0.5) is 5.69 Å². The number of carbonyl (C=O) groups excluding carboxylic acids is 2. The van der Waals surface area contributed by atoms with Gasteiger partial charge in [0.15, 0.2) is 0 Å². The van der Waals surface area contributed by atoms with Crippen molar-refractivity contribution in [2.75, 3.05) is 39.7 Å². The van der Waals surface area contributed by atoms with Gasteiger partial charge in [0.2, 0.25) is 5.91 Å². The topological polar surface area (TPSA) is 127 Å². The second kappa shape index (κ2) is 9.46. The number of ether oxygens (including phenoxy) is 4. The third kappa shape index (κ3) is 3.21. The largest absolute Gasteiger partial charge is 0.454 e. The molecular formula is C32H44N2O8. The van der Waals surface area contributed by atoms with Gasteiger partial charge in [0, 0.05) is 76.3 Å². The first-order valence-electron chi connectivity index (χ1n) is 15.4. The molecule has 42 heavy (non-hydrogen) atoms. The summed E-state index contributed by atoms with van der Waals surface area (Å²) in [7, 11) is 5.05. The molecule has 1 aliphatic heterocycles. The summed E-state index contributed by atoms with van der Waals surface area (Å²) in [5.41, 5.74) is -3.57. The van der Waals surface area contributed by atoms with Crippen molar-refractivity contribution in [1.82, 2.24) is 4.90 Å². The third-order valence-corrected chi connectivity index (χ3v) is 12.6. The predicted octanol–water partition coefficient (Wildman–Crippen LogP) is 2.22. The first kappa shape index (κ1) is 28.7. The van der Waals surface area contributed by atoms with Gasteiger partial charge in [0.05, 0.1) is 29.6 Å². The number of hydrogen-bond acceptors (Lipinski definition) is 9. The summed E-state index contributed by atoms with van der Waals surface area (Å²) in [6, 6.07) is 6.89. The van der Waals surface area contributed by atoms with Crippen molar-refractivity contribution in [2.45, 2.75) is 87.1 Å². The number of amides is 1. The normalized spacial score (nSPS) is 48.2. The van der Waals surface area contributed by atoms with E-state index in [0.717, 1.165) is 0 Å². The lowest BCUT2D eigenvalue weighted by Gasteiger charge is -2.70. The molecule has 1 aromatic rings. The zero-order chi connectivity index (χ0) is 29.8. The lowest BCUT2D eigenvalue weighted by Crippen LogP contribution is -2.83. The van der Waals surface area contributed by atoms with E-state index in [4.69, 9.17) is 18.9 Å². The first-order chi connectivity index (χ1) is 20.1. The average Bonchev–Trinajstić information content (AvgIpc) is 3.39. The molecule has 1 saturated heterocycles. The van der Waals surface area contributed by atoms with E-state index in [1.54, 1.807) is 45.6 Å². The van der Waals surface area contributed by atoms with Gasteiger partial charge < -0.3 is 34.5 Å². The number of para-hydroxylation sites is 1. The van der Waals surface area contributed by atoms with E-state index < -0.39 is 34.3 Å². The van der Waals surface area contributed by atoms with Crippen LogP contribution in [0, 0.1) is 29.1 Å². The Bertz CT molecular complexity index is 1290. The maximum Gasteiger partial charge on any atom is 0.340 e. The van der Waals surface area contributed by atoms with Gasteiger partial charge in [0.1, 0.15) is 16.8 Å². The van der Waals surface area contributed by atoms with E-state index in [2.05, 4.69) is 17.1 Å². The van der Waals surface area contributed by atoms with Crippen LogP contribution < -0.4 is 5.32 Å². The van der Waals surface area contributed by atoms with Gasteiger partial charge in [-0.2, -0.15) is 0 Å². The molecule has 5 saturated carbocycles. The fourth-order valence-corrected chi connectivity index (χ4v) is 11.6. The van der Waals surface area contributed by atoms with Crippen molar-refractivity contribution < 1.29 is 38.7 Å². The molecule has 0 radical (unpaired) electrons. The fourth-order valence-electron chi connectivity index (χ4n) is 11.6. The number of likely N-dealkylation sites (tertiary alicyclic amines) is 1. The number of aliphatic hydroxyl groups is 2. The number of anilines is 1. The van der Waals surface area contributed by atoms with Crippen LogP contribution in [-0.4, -0.2) is 103 Å². The minimum Gasteiger partial charge on any atom is -0.454 e. The number of esters is 1. The number of nitrogens with zero attached hydrogens (tertiary/aromatic N) is 1. The number of likely N-dealkylation sites (N-methyl/N-ethyl adjacent to an activating group) is 1. The van der Waals surface area contributed by atoms with Crippen LogP contribution in [0.5, 0.6) is 0 Å². The number of nitrogens with one attached hydrogen (secondary N) is 1. The Hall–Kier alpha value is -2.08. The molecule has 230 valence electrons. The number of benzene rings is 1. The summed E-state index contributed by atoms with van der Waals surface area (Å²) < 4.78 is 25.1. The molecule has 0 unspecified atom stereocenters. The Balaban J connectivity index is 1.38. The van der Waals surface area contributed by atoms with Crippen molar-refractivity contribution in [2.24, 2.45) is 29.1 Å². The maximum atomic E-state index is 14.0. The van der Waals surface area contributed by atoms with E-state index in [9.17, 15) is 19.8 Å². The molecule has 0 aromatic heterocycles. The molecule has 10 nitrogen and oxygen atoms in total. The smallest absolute Gasteiger partial charge is 0.340 e. The second-order valence-electron chi connectivity index (χ2n) is 13.7. The van der Waals surface area contributed by atoms with Gasteiger partial charge >= 0.3 is 5.97 Å². The van der Waals surface area contributed by atoms with E-state index >= 15 is 0 Å². The number of methoxy groups -OCH3 is 3. The Morgan fingerprint density at radius 1 is 1.07 bits per heavy atom. The average molecular weight is 585 g/mol. The lowest BCUT2D eigenvalue weighted by atomic mass is 9.44. The summed E-state index contributed by atoms with van der Waals surface area (Å²) in [6.07, 6.45) is 1.91. The highest BCUT2D eigenvalue weighted by Gasteiger charge is 2.89. The summed E-state index contributed by atoms with van der Waals surface area (Å²) in [5.74, 6) is -1.54. The van der Waals surface area contributed by atoms with Crippen LogP contribution in [0.2, 0.25) is 0 Å². The van der Waals surface area contributed by atoms with Crippen molar-refractivity contribution >= 4 is 17.6 Å². The molecule has 10 heteroatoms. The Labute approximate surface area is 247 Å². The van der Waals surface area contributed by atoms with Crippen molar-refractivity contribution in [3.8, 4) is 0 Å². The molecule has 7 rings (SSSR count). The minimum atomic E-state index is -1.48. The van der Waals surface area contributed by atoms with Gasteiger partial charge in [-0.15, -0.1) is 0 Å². The molecule has 1 spiro atoms. The molecule has 1 heterocycles. The van der Waals surface area contributed by atoms with Crippen LogP contribution in [0.25, 0.3) is 0 Å². The van der Waals surface area contributed by atoms with Crippen molar-refractivity contribution in [3.05, 3.63) is 29.8 Å². The van der Waals surface area contributed by atoms with E-state index in [1.165, 1.54) is 6.92 Å². The Morgan fingerprint density at radius 3 is 2.50 bits per heavy atom. The molecule has 6 fully saturated rings. The molecule has 1 aromatic carbocycles. The molecule has 5 aliphatic carbocycles. The van der Waals surface area contributed by atoms with Gasteiger partial charge in [-0.25, -0.2) is 4.79 Å². The van der Waals surface area contributed by atoms with Gasteiger partial charge in [0.25, 0.3) is 0 Å². The number of rotatable bonds is 7. The highest BCUT2D eigenvalue weighted by Crippen LogP contribution is 2.79. The molecule has 7 bridgehead atoms. The number of piperidine rings is 1. The first-order valence-corrected chi connectivity index (χ1v) is 15.4. The van der Waals surface area contributed by atoms with Crippen LogP contribution in [0.15, 0.2) is 24.3 Å². The van der Waals surface area contributed by atoms with E-state index in [1.807, 2.05) is 0 Å². The van der Waals surface area contributed by atoms with Crippen LogP contribution >= 0.6 is 0 Å². The predicted molar refractivity (Wildman–Crippen MR) is 152 cm³/mol. The third-order valence-electron chi connectivity index (χ3n) is 12.6. The molecule has 3 N–H and O–H groups in total. The number of fused-ring (bicyclic) bond motifs is 2. The van der Waals surface area contributed by atoms with Crippen molar-refractivity contribution in [1.29, 1.82) is 0 Å². The van der Waals surface area contributed by atoms with Gasteiger partial charge in [-0.3, -0.25) is 9.69 Å². The maximum absolute atomic E-state index is 14.0. The highest BCUT2D eigenvalue weighted by atomic mass is 16.6.